The van der Waals surface area contributed by atoms with Crippen LogP contribution >= 0.6 is 0 Å². The molecule has 1 saturated heterocycles. The average Bonchev–Trinajstić information content (AvgIpc) is 1.47. The fourth-order valence-corrected chi connectivity index (χ4v) is 11.9. The van der Waals surface area contributed by atoms with E-state index in [-0.39, 0.29) is 103 Å². The number of rotatable bonds is 39. The summed E-state index contributed by atoms with van der Waals surface area (Å²) >= 11 is 0. The van der Waals surface area contributed by atoms with Crippen molar-refractivity contribution in [2.75, 3.05) is 47.3 Å². The summed E-state index contributed by atoms with van der Waals surface area (Å²) in [5.41, 5.74) is 1.72. The van der Waals surface area contributed by atoms with Crippen molar-refractivity contribution >= 4 is 64.6 Å². The molecule has 502 valence electrons. The summed E-state index contributed by atoms with van der Waals surface area (Å²) in [7, 11) is 7.46. The number of carbonyl (C=O) groups is 10. The maximum absolute atomic E-state index is 14.8. The molecule has 1 fully saturated rings. The highest BCUT2D eigenvalue weighted by Crippen LogP contribution is 2.32. The lowest BCUT2D eigenvalue weighted by atomic mass is 9.83. The fraction of sp³-hybridized carbons (Fsp3) is 0.652. The highest BCUT2D eigenvalue weighted by atomic mass is 16.6. The molecule has 90 heavy (non-hydrogen) atoms. The summed E-state index contributed by atoms with van der Waals surface area (Å²) < 4.78 is 22.3. The Balaban J connectivity index is 1.60. The minimum Gasteiger partial charge on any atom is -0.466 e. The van der Waals surface area contributed by atoms with Crippen molar-refractivity contribution in [1.82, 2.24) is 25.3 Å². The van der Waals surface area contributed by atoms with Crippen molar-refractivity contribution in [3.8, 4) is 0 Å². The second-order valence-corrected chi connectivity index (χ2v) is 25.4. The number of anilines is 1. The maximum atomic E-state index is 14.8. The second kappa shape index (κ2) is 38.8. The van der Waals surface area contributed by atoms with Crippen molar-refractivity contribution in [1.29, 1.82) is 0 Å². The van der Waals surface area contributed by atoms with Gasteiger partial charge >= 0.3 is 12.1 Å². The first kappa shape index (κ1) is 77.4. The van der Waals surface area contributed by atoms with Crippen LogP contribution in [0.5, 0.6) is 0 Å². The van der Waals surface area contributed by atoms with E-state index in [1.807, 2.05) is 73.6 Å². The van der Waals surface area contributed by atoms with Crippen LogP contribution in [0.15, 0.2) is 66.7 Å². The molecule has 0 spiro atoms. The number of carbonyl (C=O) groups excluding carboxylic acids is 10. The number of nitrogens with one attached hydrogen (secondary N) is 3. The molecule has 0 saturated carbocycles. The quantitative estimate of drug-likeness (QED) is 0.0276. The van der Waals surface area contributed by atoms with Gasteiger partial charge in [-0.05, 0) is 85.6 Å². The molecule has 2 aromatic carbocycles. The van der Waals surface area contributed by atoms with Gasteiger partial charge in [0.25, 0.3) is 0 Å². The molecule has 4 N–H and O–H groups in total. The Morgan fingerprint density at radius 1 is 0.700 bits per heavy atom. The molecule has 12 atom stereocenters. The second-order valence-electron chi connectivity index (χ2n) is 25.4. The molecule has 1 heterocycles. The number of benzene rings is 2. The molecule has 6 amide bonds. The SMILES string of the molecule is CC[C@H](C)[C@@H]([C@@H](CC(=O)N1CCC[C@H]1[C@H](OC)[C@@H](C)C(=O)N[C@H](C)[C@@H](O)c1ccccc1)OC)N(C)C(=O)[C@@H](CC(=O)[C@H](C(C)C)N(C)C(=O)OCc1ccc(NC(=O)[C@H](C)CC(=O)[C@@H](NC(=O)CCCCCCC(=O)/C=C\C(=O)OC)C(C)C)cc1)C(C)C. The molecule has 0 aromatic heterocycles. The van der Waals surface area contributed by atoms with Crippen molar-refractivity contribution in [2.45, 2.75) is 208 Å². The number of Topliss-reactive ketones (excluding diaryl/α,β-unsaturated/α-hetero) is 2. The first-order valence-electron chi connectivity index (χ1n) is 32.1. The highest BCUT2D eigenvalue weighted by molar-refractivity contribution is 5.98. The number of methoxy groups -OCH3 is 3. The van der Waals surface area contributed by atoms with Crippen LogP contribution in [0.3, 0.4) is 0 Å². The number of esters is 1. The molecule has 2 aromatic rings. The monoisotopic (exact) mass is 1260 g/mol. The molecule has 1 aliphatic rings. The number of unbranched alkanes of at least 4 members (excludes halogenated alkanes) is 3. The van der Waals surface area contributed by atoms with E-state index >= 15 is 0 Å². The Bertz CT molecular complexity index is 2680. The lowest BCUT2D eigenvalue weighted by Crippen LogP contribution is -2.55. The number of ether oxygens (including phenoxy) is 4. The molecule has 21 heteroatoms. The van der Waals surface area contributed by atoms with Crippen LogP contribution in [0, 0.1) is 41.4 Å². The Kier molecular flexibility index (Phi) is 33.3. The number of aliphatic hydroxyl groups excluding tert-OH is 1. The lowest BCUT2D eigenvalue weighted by Gasteiger charge is -2.41. The summed E-state index contributed by atoms with van der Waals surface area (Å²) in [6, 6.07) is 12.4. The summed E-state index contributed by atoms with van der Waals surface area (Å²) in [5, 5.41) is 19.6. The number of likely N-dealkylation sites (tertiary alicyclic amines) is 1. The van der Waals surface area contributed by atoms with E-state index in [0.29, 0.717) is 61.9 Å². The van der Waals surface area contributed by atoms with Gasteiger partial charge in [0.1, 0.15) is 6.61 Å². The number of likely N-dealkylation sites (N-methyl/N-ethyl adjacent to an activating group) is 2. The van der Waals surface area contributed by atoms with Gasteiger partial charge in [0.05, 0.1) is 68.0 Å². The minimum absolute atomic E-state index is 0.0576. The molecule has 3 rings (SSSR count). The first-order valence-corrected chi connectivity index (χ1v) is 32.1. The van der Waals surface area contributed by atoms with E-state index in [2.05, 4.69) is 20.7 Å². The van der Waals surface area contributed by atoms with Crippen LogP contribution in [0.4, 0.5) is 10.5 Å². The van der Waals surface area contributed by atoms with E-state index in [1.165, 1.54) is 39.4 Å². The fourth-order valence-electron chi connectivity index (χ4n) is 11.9. The minimum atomic E-state index is -0.940. The van der Waals surface area contributed by atoms with Crippen molar-refractivity contribution in [3.05, 3.63) is 77.9 Å². The number of amides is 6. The summed E-state index contributed by atoms with van der Waals surface area (Å²) in [5.74, 6) is -6.03. The van der Waals surface area contributed by atoms with Gasteiger partial charge in [-0.2, -0.15) is 0 Å². The molecule has 0 aliphatic carbocycles. The summed E-state index contributed by atoms with van der Waals surface area (Å²) in [4.78, 5) is 138. The third-order valence-electron chi connectivity index (χ3n) is 17.5. The highest BCUT2D eigenvalue weighted by Gasteiger charge is 2.44. The van der Waals surface area contributed by atoms with Crippen molar-refractivity contribution < 1.29 is 72.0 Å². The number of nitrogens with zero attached hydrogens (tertiary/aromatic N) is 3. The topological polar surface area (TPSA) is 274 Å². The molecule has 21 nitrogen and oxygen atoms in total. The molecular weight excluding hydrogens is 1150 g/mol. The Hall–Kier alpha value is -6.84. The van der Waals surface area contributed by atoms with Crippen molar-refractivity contribution in [3.63, 3.8) is 0 Å². The number of hydrogen-bond acceptors (Lipinski definition) is 15. The third kappa shape index (κ3) is 23.8. The van der Waals surface area contributed by atoms with Gasteiger partial charge < -0.3 is 54.7 Å². The van der Waals surface area contributed by atoms with Gasteiger partial charge in [-0.25, -0.2) is 9.59 Å². The number of allylic oxidation sites excluding steroid dienone is 1. The lowest BCUT2D eigenvalue weighted by molar-refractivity contribution is -0.149. The van der Waals surface area contributed by atoms with Crippen LogP contribution in [-0.2, 0) is 68.7 Å². The average molecular weight is 1260 g/mol. The largest absolute Gasteiger partial charge is 0.466 e. The van der Waals surface area contributed by atoms with Crippen molar-refractivity contribution in [2.24, 2.45) is 41.4 Å². The van der Waals surface area contributed by atoms with Gasteiger partial charge in [0.15, 0.2) is 17.3 Å². The standard InChI is InChI=1S/C69H106N6O15/c1-17-45(8)63(57(87-14)40-59(80)75-37-25-29-54(75)65(89-16)47(10)67(84)70-48(11)64(82)50-26-21-20-22-27-50)73(12)68(85)53(42(2)3)39-56(78)62(44(6)7)74(13)69(86)90-41-49-31-33-51(34-32-49)71-66(83)46(9)38-55(77)61(43(4)5)72-58(79)30-24-19-18-23-28-52(76)35-36-60(81)88-15/h20-22,26-27,31-36,42-48,53-54,57,61-65,82H,17-19,23-25,28-30,37-41H2,1-16H3,(H,70,84)(H,71,83)(H,72,79)/b36-35-/t45-,46+,47+,48+,53-,54-,57+,61-,62-,63-,64+,65+/m0/s1. The van der Waals surface area contributed by atoms with Gasteiger partial charge in [-0.15, -0.1) is 0 Å². The van der Waals surface area contributed by atoms with Gasteiger partial charge in [0.2, 0.25) is 29.5 Å². The third-order valence-corrected chi connectivity index (χ3v) is 17.5. The maximum Gasteiger partial charge on any atom is 0.410 e. The normalized spacial score (nSPS) is 17.0. The van der Waals surface area contributed by atoms with Gasteiger partial charge in [-0.1, -0.05) is 131 Å². The van der Waals surface area contributed by atoms with E-state index in [1.54, 1.807) is 74.0 Å². The zero-order chi connectivity index (χ0) is 67.5. The Morgan fingerprint density at radius 3 is 1.90 bits per heavy atom. The molecule has 0 radical (unpaired) electrons. The van der Waals surface area contributed by atoms with E-state index in [4.69, 9.17) is 14.2 Å². The number of aliphatic hydroxyl groups is 1. The zero-order valence-corrected chi connectivity index (χ0v) is 56.4. The molecular formula is C69H106N6O15. The molecule has 1 aliphatic heterocycles. The van der Waals surface area contributed by atoms with E-state index < -0.39 is 84.2 Å². The van der Waals surface area contributed by atoms with Crippen LogP contribution in [0.25, 0.3) is 0 Å². The summed E-state index contributed by atoms with van der Waals surface area (Å²) in [6.07, 6.45) is 3.93. The number of hydrogen-bond donors (Lipinski definition) is 4. The van der Waals surface area contributed by atoms with E-state index in [9.17, 15) is 53.1 Å². The smallest absolute Gasteiger partial charge is 0.410 e. The van der Waals surface area contributed by atoms with E-state index in [0.717, 1.165) is 12.5 Å². The van der Waals surface area contributed by atoms with Crippen LogP contribution in [-0.4, -0.2) is 163 Å². The van der Waals surface area contributed by atoms with Crippen LogP contribution < -0.4 is 16.0 Å². The predicted octanol–water partition coefficient (Wildman–Crippen LogP) is 8.98. The predicted molar refractivity (Wildman–Crippen MR) is 344 cm³/mol. The van der Waals surface area contributed by atoms with Crippen LogP contribution in [0.1, 0.15) is 170 Å². The molecule has 0 unspecified atom stereocenters. The molecule has 0 bridgehead atoms. The Labute approximate surface area is 534 Å². The van der Waals surface area contributed by atoms with Gasteiger partial charge in [-0.3, -0.25) is 38.4 Å². The Morgan fingerprint density at radius 2 is 1.33 bits per heavy atom. The number of ketones is 3. The zero-order valence-electron chi connectivity index (χ0n) is 56.4. The first-order chi connectivity index (χ1) is 42.5. The van der Waals surface area contributed by atoms with Gasteiger partial charge in [0, 0.05) is 84.1 Å². The summed E-state index contributed by atoms with van der Waals surface area (Å²) in [6.45, 7) is 20.5. The van der Waals surface area contributed by atoms with Crippen LogP contribution in [0.2, 0.25) is 0 Å².